The molecule has 5 nitrogen and oxygen atoms in total. The summed E-state index contributed by atoms with van der Waals surface area (Å²) in [5.74, 6) is -0.333. The minimum absolute atomic E-state index is 0.158. The van der Waals surface area contributed by atoms with E-state index < -0.39 is 5.82 Å². The fraction of sp³-hybridized carbons (Fsp3) is 0.167. The number of rotatable bonds is 5. The van der Waals surface area contributed by atoms with Crippen LogP contribution in [0.3, 0.4) is 0 Å². The predicted molar refractivity (Wildman–Crippen MR) is 138 cm³/mol. The normalized spacial score (nSPS) is 12.0. The lowest BCUT2D eigenvalue weighted by Crippen LogP contribution is -2.24. The second-order valence-corrected chi connectivity index (χ2v) is 9.27. The summed E-state index contributed by atoms with van der Waals surface area (Å²) in [6, 6.07) is 19.0. The van der Waals surface area contributed by atoms with Gasteiger partial charge in [0.1, 0.15) is 11.6 Å². The van der Waals surface area contributed by atoms with Gasteiger partial charge in [0.05, 0.1) is 0 Å². The molecule has 6 heteroatoms. The third kappa shape index (κ3) is 4.62. The number of hydrogen-bond acceptors (Lipinski definition) is 4. The number of nitrogens with zero attached hydrogens (tertiary/aromatic N) is 1. The third-order valence-corrected chi connectivity index (χ3v) is 6.79. The zero-order chi connectivity index (χ0) is 25.4. The number of carbonyl (C=O) groups excluding carboxylic acids is 2. The molecule has 0 spiro atoms. The number of halogens is 1. The Morgan fingerprint density at radius 1 is 0.861 bits per heavy atom. The summed E-state index contributed by atoms with van der Waals surface area (Å²) in [4.78, 5) is 30.1. The summed E-state index contributed by atoms with van der Waals surface area (Å²) in [5.41, 5.74) is 14.4. The van der Waals surface area contributed by atoms with Crippen molar-refractivity contribution in [1.82, 2.24) is 10.3 Å². The molecule has 1 heterocycles. The Morgan fingerprint density at radius 3 is 2.19 bits per heavy atom. The third-order valence-electron chi connectivity index (χ3n) is 6.79. The van der Waals surface area contributed by atoms with E-state index in [0.717, 1.165) is 45.5 Å². The van der Waals surface area contributed by atoms with Crippen LogP contribution in [0.1, 0.15) is 65.4 Å². The van der Waals surface area contributed by atoms with E-state index in [1.165, 1.54) is 18.2 Å². The molecule has 1 aliphatic carbocycles. The first-order valence-electron chi connectivity index (χ1n) is 11.8. The predicted octanol–water partition coefficient (Wildman–Crippen LogP) is 5.08. The number of anilines is 1. The van der Waals surface area contributed by atoms with Crippen molar-refractivity contribution in [2.24, 2.45) is 0 Å². The van der Waals surface area contributed by atoms with Crippen molar-refractivity contribution in [1.29, 1.82) is 0 Å². The van der Waals surface area contributed by atoms with Crippen molar-refractivity contribution in [3.05, 3.63) is 128 Å². The van der Waals surface area contributed by atoms with E-state index in [9.17, 15) is 14.0 Å². The van der Waals surface area contributed by atoms with Crippen LogP contribution >= 0.6 is 0 Å². The summed E-state index contributed by atoms with van der Waals surface area (Å²) >= 11 is 0. The summed E-state index contributed by atoms with van der Waals surface area (Å²) in [6.07, 6.45) is 1.35. The molecule has 0 bridgehead atoms. The van der Waals surface area contributed by atoms with Crippen LogP contribution in [-0.2, 0) is 19.4 Å². The van der Waals surface area contributed by atoms with Crippen molar-refractivity contribution in [2.75, 3.05) is 5.73 Å². The van der Waals surface area contributed by atoms with Gasteiger partial charge in [-0.2, -0.15) is 0 Å². The second-order valence-electron chi connectivity index (χ2n) is 9.27. The number of hydrogen-bond donors (Lipinski definition) is 2. The van der Waals surface area contributed by atoms with Crippen LogP contribution in [0.15, 0.2) is 66.7 Å². The second kappa shape index (κ2) is 9.38. The fourth-order valence-corrected chi connectivity index (χ4v) is 4.84. The molecule has 0 atom stereocenters. The number of benzene rings is 3. The maximum atomic E-state index is 13.6. The summed E-state index contributed by atoms with van der Waals surface area (Å²) in [7, 11) is 0. The molecular formula is C30H26FN3O2. The van der Waals surface area contributed by atoms with Gasteiger partial charge in [0.2, 0.25) is 0 Å². The molecule has 3 N–H and O–H groups in total. The van der Waals surface area contributed by atoms with Crippen LogP contribution in [0.2, 0.25) is 0 Å². The Balaban J connectivity index is 1.34. The minimum Gasteiger partial charge on any atom is -0.384 e. The number of aryl methyl sites for hydroxylation is 2. The molecule has 0 radical (unpaired) electrons. The number of amides is 1. The molecule has 36 heavy (non-hydrogen) atoms. The maximum Gasteiger partial charge on any atom is 0.251 e. The maximum absolute atomic E-state index is 13.6. The number of fused-ring (bicyclic) bond motifs is 2. The minimum atomic E-state index is -0.434. The molecule has 180 valence electrons. The Kier molecular flexibility index (Phi) is 6.10. The Labute approximate surface area is 209 Å². The lowest BCUT2D eigenvalue weighted by atomic mass is 9.83. The average Bonchev–Trinajstić information content (AvgIpc) is 2.85. The van der Waals surface area contributed by atoms with E-state index in [2.05, 4.69) is 10.3 Å². The highest BCUT2D eigenvalue weighted by atomic mass is 19.1. The smallest absolute Gasteiger partial charge is 0.251 e. The van der Waals surface area contributed by atoms with Crippen molar-refractivity contribution in [2.45, 2.75) is 33.2 Å². The number of ketones is 1. The molecule has 0 aliphatic heterocycles. The molecule has 4 aromatic rings. The highest BCUT2D eigenvalue weighted by Crippen LogP contribution is 2.29. The molecule has 1 amide bonds. The fourth-order valence-electron chi connectivity index (χ4n) is 4.84. The molecular weight excluding hydrogens is 453 g/mol. The number of nitrogens with one attached hydrogen (secondary N) is 1. The van der Waals surface area contributed by atoms with Crippen molar-refractivity contribution < 1.29 is 14.0 Å². The van der Waals surface area contributed by atoms with Crippen LogP contribution in [0, 0.1) is 19.7 Å². The van der Waals surface area contributed by atoms with Crippen molar-refractivity contribution in [3.63, 3.8) is 0 Å². The van der Waals surface area contributed by atoms with Crippen molar-refractivity contribution >= 4 is 17.5 Å². The Hall–Kier alpha value is -4.32. The van der Waals surface area contributed by atoms with E-state index >= 15 is 0 Å². The van der Waals surface area contributed by atoms with Crippen LogP contribution in [0.4, 0.5) is 10.2 Å². The van der Waals surface area contributed by atoms with Crippen LogP contribution in [0.25, 0.3) is 0 Å². The first-order chi connectivity index (χ1) is 17.3. The van der Waals surface area contributed by atoms with Gasteiger partial charge in [-0.15, -0.1) is 0 Å². The monoisotopic (exact) mass is 479 g/mol. The topological polar surface area (TPSA) is 85.1 Å². The van der Waals surface area contributed by atoms with Gasteiger partial charge in [-0.3, -0.25) is 9.59 Å². The first kappa shape index (κ1) is 23.4. The van der Waals surface area contributed by atoms with E-state index in [1.54, 1.807) is 18.2 Å². The number of pyridine rings is 1. The molecule has 0 saturated carbocycles. The zero-order valence-corrected chi connectivity index (χ0v) is 20.2. The Morgan fingerprint density at radius 2 is 1.50 bits per heavy atom. The standard InChI is InChI=1S/C30H26FN3O2/c1-17-10-28(32)34-18(2)27(17)16-33-30(36)23-9-7-20-11-19-6-8-22(12-24(19)14-25(20)13-23)29(35)21-4-3-5-26(31)15-21/h3-10,12-13,15H,11,14,16H2,1-2H3,(H2,32,34)(H,33,36). The van der Waals surface area contributed by atoms with Gasteiger partial charge in [0.15, 0.2) is 5.78 Å². The van der Waals surface area contributed by atoms with Crippen LogP contribution < -0.4 is 11.1 Å². The highest BCUT2D eigenvalue weighted by Gasteiger charge is 2.20. The van der Waals surface area contributed by atoms with Gasteiger partial charge in [0.25, 0.3) is 5.91 Å². The summed E-state index contributed by atoms with van der Waals surface area (Å²) in [5, 5.41) is 2.99. The molecule has 1 aliphatic rings. The molecule has 1 aromatic heterocycles. The van der Waals surface area contributed by atoms with E-state index in [-0.39, 0.29) is 11.7 Å². The number of nitrogens with two attached hydrogens (primary N) is 1. The summed E-state index contributed by atoms with van der Waals surface area (Å²) < 4.78 is 13.6. The number of aromatic nitrogens is 1. The number of nitrogen functional groups attached to an aromatic ring is 1. The lowest BCUT2D eigenvalue weighted by molar-refractivity contribution is 0.0950. The average molecular weight is 480 g/mol. The lowest BCUT2D eigenvalue weighted by Gasteiger charge is -2.21. The molecule has 0 unspecified atom stereocenters. The quantitative estimate of drug-likeness (QED) is 0.345. The van der Waals surface area contributed by atoms with Gasteiger partial charge in [-0.1, -0.05) is 30.3 Å². The Bertz CT molecular complexity index is 1500. The van der Waals surface area contributed by atoms with Gasteiger partial charge in [0, 0.05) is 28.9 Å². The van der Waals surface area contributed by atoms with E-state index in [4.69, 9.17) is 5.73 Å². The van der Waals surface area contributed by atoms with Gasteiger partial charge in [-0.25, -0.2) is 9.37 Å². The van der Waals surface area contributed by atoms with Gasteiger partial charge in [-0.05, 0) is 96.5 Å². The van der Waals surface area contributed by atoms with E-state index in [0.29, 0.717) is 35.5 Å². The molecule has 5 rings (SSSR count). The van der Waals surface area contributed by atoms with Crippen LogP contribution in [0.5, 0.6) is 0 Å². The van der Waals surface area contributed by atoms with E-state index in [1.807, 2.05) is 44.2 Å². The molecule has 0 fully saturated rings. The van der Waals surface area contributed by atoms with Crippen molar-refractivity contribution in [3.8, 4) is 0 Å². The van der Waals surface area contributed by atoms with Crippen LogP contribution in [-0.4, -0.2) is 16.7 Å². The molecule has 0 saturated heterocycles. The SMILES string of the molecule is Cc1cc(N)nc(C)c1CNC(=O)c1ccc2c(c1)Cc1cc(C(=O)c3cccc(F)c3)ccc1C2. The highest BCUT2D eigenvalue weighted by molar-refractivity contribution is 6.09. The number of carbonyl (C=O) groups is 2. The van der Waals surface area contributed by atoms with Gasteiger partial charge >= 0.3 is 0 Å². The first-order valence-corrected chi connectivity index (χ1v) is 11.8. The summed E-state index contributed by atoms with van der Waals surface area (Å²) in [6.45, 7) is 4.21. The molecule has 3 aromatic carbocycles. The zero-order valence-electron chi connectivity index (χ0n) is 20.2. The van der Waals surface area contributed by atoms with Gasteiger partial charge < -0.3 is 11.1 Å². The largest absolute Gasteiger partial charge is 0.384 e.